The van der Waals surface area contributed by atoms with Gasteiger partial charge < -0.3 is 14.4 Å². The molecule has 0 aliphatic carbocycles. The summed E-state index contributed by atoms with van der Waals surface area (Å²) in [6.07, 6.45) is 0.818. The predicted molar refractivity (Wildman–Crippen MR) is 75.7 cm³/mol. The number of carbonyl (C=O) groups excluding carboxylic acids is 1. The van der Waals surface area contributed by atoms with Gasteiger partial charge in [-0.05, 0) is 19.1 Å². The topological polar surface area (TPSA) is 81.2 Å². The van der Waals surface area contributed by atoms with E-state index in [4.69, 9.17) is 9.05 Å². The summed E-state index contributed by atoms with van der Waals surface area (Å²) in [6.45, 7) is 2.37. The molecular formula is C15H15N3O3. The van der Waals surface area contributed by atoms with Gasteiger partial charge in [0.2, 0.25) is 5.91 Å². The maximum atomic E-state index is 11.9. The van der Waals surface area contributed by atoms with Crippen LogP contribution in [0.15, 0.2) is 39.4 Å². The Bertz CT molecular complexity index is 760. The first-order chi connectivity index (χ1) is 10.2. The number of aryl methyl sites for hydroxylation is 1. The van der Waals surface area contributed by atoms with Gasteiger partial charge in [0.25, 0.3) is 0 Å². The lowest BCUT2D eigenvalue weighted by Crippen LogP contribution is -2.27. The summed E-state index contributed by atoms with van der Waals surface area (Å²) in [6, 6.07) is 9.35. The van der Waals surface area contributed by atoms with Gasteiger partial charge in [-0.2, -0.15) is 0 Å². The summed E-state index contributed by atoms with van der Waals surface area (Å²) in [4.78, 5) is 11.9. The van der Waals surface area contributed by atoms with E-state index >= 15 is 0 Å². The van der Waals surface area contributed by atoms with Crippen molar-refractivity contribution in [3.05, 3.63) is 47.5 Å². The Morgan fingerprint density at radius 1 is 1.24 bits per heavy atom. The number of nitrogens with zero attached hydrogens (tertiary/aromatic N) is 2. The molecule has 6 heteroatoms. The van der Waals surface area contributed by atoms with Crippen molar-refractivity contribution in [1.82, 2.24) is 15.6 Å². The van der Waals surface area contributed by atoms with E-state index in [-0.39, 0.29) is 12.3 Å². The normalized spacial score (nSPS) is 10.9. The summed E-state index contributed by atoms with van der Waals surface area (Å²) < 4.78 is 10.3. The van der Waals surface area contributed by atoms with Crippen molar-refractivity contribution >= 4 is 16.9 Å². The van der Waals surface area contributed by atoms with Crippen molar-refractivity contribution in [2.24, 2.45) is 0 Å². The Balaban J connectivity index is 1.54. The van der Waals surface area contributed by atoms with E-state index in [1.54, 1.807) is 0 Å². The second-order valence-corrected chi connectivity index (χ2v) is 4.84. The Labute approximate surface area is 121 Å². The molecule has 0 aliphatic rings. The molecule has 1 amide bonds. The third-order valence-corrected chi connectivity index (χ3v) is 3.15. The molecule has 0 fully saturated rings. The molecule has 0 aliphatic heterocycles. The number of amides is 1. The SMILES string of the molecule is Cc1cc(CCNC(=O)Cc2noc3ccccc23)on1. The van der Waals surface area contributed by atoms with Gasteiger partial charge in [-0.25, -0.2) is 0 Å². The first-order valence-corrected chi connectivity index (χ1v) is 6.74. The van der Waals surface area contributed by atoms with Crippen molar-refractivity contribution in [3.8, 4) is 0 Å². The molecule has 1 aromatic carbocycles. The van der Waals surface area contributed by atoms with Crippen molar-refractivity contribution < 1.29 is 13.8 Å². The van der Waals surface area contributed by atoms with Crippen LogP contribution in [0, 0.1) is 6.92 Å². The molecule has 1 N–H and O–H groups in total. The lowest BCUT2D eigenvalue weighted by molar-refractivity contribution is -0.120. The number of benzene rings is 1. The smallest absolute Gasteiger partial charge is 0.226 e. The van der Waals surface area contributed by atoms with Crippen LogP contribution in [0.5, 0.6) is 0 Å². The van der Waals surface area contributed by atoms with Crippen molar-refractivity contribution in [2.75, 3.05) is 6.54 Å². The highest BCUT2D eigenvalue weighted by Crippen LogP contribution is 2.17. The van der Waals surface area contributed by atoms with Crippen LogP contribution in [0.1, 0.15) is 17.1 Å². The Hall–Kier alpha value is -2.63. The second-order valence-electron chi connectivity index (χ2n) is 4.84. The van der Waals surface area contributed by atoms with Gasteiger partial charge in [0, 0.05) is 24.4 Å². The van der Waals surface area contributed by atoms with E-state index in [1.165, 1.54) is 0 Å². The van der Waals surface area contributed by atoms with E-state index in [0.717, 1.165) is 16.8 Å². The van der Waals surface area contributed by atoms with Crippen LogP contribution < -0.4 is 5.32 Å². The number of nitrogens with one attached hydrogen (secondary N) is 1. The van der Waals surface area contributed by atoms with E-state index in [1.807, 2.05) is 37.3 Å². The molecule has 0 saturated carbocycles. The van der Waals surface area contributed by atoms with E-state index < -0.39 is 0 Å². The number of fused-ring (bicyclic) bond motifs is 1. The van der Waals surface area contributed by atoms with Crippen LogP contribution in [0.25, 0.3) is 11.0 Å². The highest BCUT2D eigenvalue weighted by Gasteiger charge is 2.11. The van der Waals surface area contributed by atoms with E-state index in [9.17, 15) is 4.79 Å². The minimum Gasteiger partial charge on any atom is -0.361 e. The van der Waals surface area contributed by atoms with Crippen LogP contribution >= 0.6 is 0 Å². The Kier molecular flexibility index (Phi) is 3.68. The molecule has 21 heavy (non-hydrogen) atoms. The molecule has 0 unspecified atom stereocenters. The lowest BCUT2D eigenvalue weighted by atomic mass is 10.1. The number of hydrogen-bond donors (Lipinski definition) is 1. The van der Waals surface area contributed by atoms with Gasteiger partial charge >= 0.3 is 0 Å². The Morgan fingerprint density at radius 3 is 2.90 bits per heavy atom. The minimum atomic E-state index is -0.0923. The van der Waals surface area contributed by atoms with E-state index in [0.29, 0.717) is 24.2 Å². The zero-order chi connectivity index (χ0) is 14.7. The average molecular weight is 285 g/mol. The second kappa shape index (κ2) is 5.78. The third kappa shape index (κ3) is 3.10. The Morgan fingerprint density at radius 2 is 2.10 bits per heavy atom. The summed E-state index contributed by atoms with van der Waals surface area (Å²) in [5.74, 6) is 0.671. The van der Waals surface area contributed by atoms with Crippen molar-refractivity contribution in [2.45, 2.75) is 19.8 Å². The molecule has 6 nitrogen and oxygen atoms in total. The highest BCUT2D eigenvalue weighted by molar-refractivity contribution is 5.86. The number of hydrogen-bond acceptors (Lipinski definition) is 5. The van der Waals surface area contributed by atoms with Gasteiger partial charge in [-0.1, -0.05) is 22.4 Å². The van der Waals surface area contributed by atoms with Crippen LogP contribution in [0.3, 0.4) is 0 Å². The van der Waals surface area contributed by atoms with Gasteiger partial charge in [0.1, 0.15) is 11.5 Å². The fourth-order valence-electron chi connectivity index (χ4n) is 2.14. The fraction of sp³-hybridized carbons (Fsp3) is 0.267. The van der Waals surface area contributed by atoms with Crippen LogP contribution in [-0.2, 0) is 17.6 Å². The largest absolute Gasteiger partial charge is 0.361 e. The molecule has 108 valence electrons. The molecule has 0 atom stereocenters. The van der Waals surface area contributed by atoms with Gasteiger partial charge in [0.15, 0.2) is 5.58 Å². The van der Waals surface area contributed by atoms with Gasteiger partial charge in [-0.15, -0.1) is 0 Å². The van der Waals surface area contributed by atoms with Crippen LogP contribution in [-0.4, -0.2) is 22.8 Å². The first kappa shape index (κ1) is 13.4. The van der Waals surface area contributed by atoms with E-state index in [2.05, 4.69) is 15.6 Å². The maximum Gasteiger partial charge on any atom is 0.226 e. The molecule has 0 saturated heterocycles. The first-order valence-electron chi connectivity index (χ1n) is 6.74. The molecule has 3 rings (SSSR count). The number of aromatic nitrogens is 2. The monoisotopic (exact) mass is 285 g/mol. The number of rotatable bonds is 5. The highest BCUT2D eigenvalue weighted by atomic mass is 16.5. The zero-order valence-corrected chi connectivity index (χ0v) is 11.6. The number of carbonyl (C=O) groups is 1. The van der Waals surface area contributed by atoms with Crippen molar-refractivity contribution in [1.29, 1.82) is 0 Å². The van der Waals surface area contributed by atoms with Crippen LogP contribution in [0.2, 0.25) is 0 Å². The molecule has 0 spiro atoms. The maximum absolute atomic E-state index is 11.9. The summed E-state index contributed by atoms with van der Waals surface area (Å²) in [5.41, 5.74) is 2.18. The molecule has 2 aromatic heterocycles. The summed E-state index contributed by atoms with van der Waals surface area (Å²) in [5, 5.41) is 11.4. The number of para-hydroxylation sites is 1. The third-order valence-electron chi connectivity index (χ3n) is 3.15. The molecule has 2 heterocycles. The lowest BCUT2D eigenvalue weighted by Gasteiger charge is -2.01. The van der Waals surface area contributed by atoms with Crippen LogP contribution in [0.4, 0.5) is 0 Å². The fourth-order valence-corrected chi connectivity index (χ4v) is 2.14. The average Bonchev–Trinajstić information content (AvgIpc) is 3.06. The standard InChI is InChI=1S/C15H15N3O3/c1-10-8-11(20-17-10)6-7-16-15(19)9-13-12-4-2-3-5-14(12)21-18-13/h2-5,8H,6-7,9H2,1H3,(H,16,19). The van der Waals surface area contributed by atoms with Gasteiger partial charge in [-0.3, -0.25) is 4.79 Å². The quantitative estimate of drug-likeness (QED) is 0.775. The van der Waals surface area contributed by atoms with Crippen molar-refractivity contribution in [3.63, 3.8) is 0 Å². The minimum absolute atomic E-state index is 0.0923. The molecule has 0 bridgehead atoms. The molecular weight excluding hydrogens is 270 g/mol. The summed E-state index contributed by atoms with van der Waals surface area (Å²) >= 11 is 0. The summed E-state index contributed by atoms with van der Waals surface area (Å²) in [7, 11) is 0. The zero-order valence-electron chi connectivity index (χ0n) is 11.6. The molecule has 3 aromatic rings. The van der Waals surface area contributed by atoms with Gasteiger partial charge in [0.05, 0.1) is 12.1 Å². The molecule has 0 radical (unpaired) electrons. The predicted octanol–water partition coefficient (Wildman–Crippen LogP) is 2.03.